The van der Waals surface area contributed by atoms with Crippen molar-refractivity contribution in [1.29, 1.82) is 0 Å². The van der Waals surface area contributed by atoms with Gasteiger partial charge >= 0.3 is 0 Å². The van der Waals surface area contributed by atoms with Crippen molar-refractivity contribution in [1.82, 2.24) is 0 Å². The molecule has 0 spiro atoms. The molecule has 0 saturated carbocycles. The van der Waals surface area contributed by atoms with Crippen LogP contribution in [0.5, 0.6) is 0 Å². The number of hydrogen-bond acceptors (Lipinski definition) is 1. The quantitative estimate of drug-likeness (QED) is 0.486. The predicted octanol–water partition coefficient (Wildman–Crippen LogP) is 4.50. The van der Waals surface area contributed by atoms with Gasteiger partial charge in [-0.15, -0.1) is 0 Å². The largest absolute Gasteiger partial charge is 0.396 e. The topological polar surface area (TPSA) is 20.2 Å². The van der Waals surface area contributed by atoms with E-state index >= 15 is 0 Å². The second kappa shape index (κ2) is 9.23. The molecule has 0 heterocycles. The smallest absolute Gasteiger partial charge is 0.0462 e. The molecule has 98 valence electrons. The third-order valence-electron chi connectivity index (χ3n) is 3.34. The fourth-order valence-corrected chi connectivity index (χ4v) is 1.38. The Labute approximate surface area is 107 Å². The van der Waals surface area contributed by atoms with Crippen LogP contribution in [0, 0.1) is 11.8 Å². The third-order valence-corrected chi connectivity index (χ3v) is 3.34. The summed E-state index contributed by atoms with van der Waals surface area (Å²) >= 11 is 0. The van der Waals surface area contributed by atoms with Gasteiger partial charge in [0.2, 0.25) is 0 Å². The van der Waals surface area contributed by atoms with Gasteiger partial charge in [-0.05, 0) is 38.0 Å². The summed E-state index contributed by atoms with van der Waals surface area (Å²) in [5.74, 6) is 0.728. The lowest BCUT2D eigenvalue weighted by molar-refractivity contribution is 0.212. The van der Waals surface area contributed by atoms with E-state index in [1.165, 1.54) is 11.1 Å². The summed E-state index contributed by atoms with van der Waals surface area (Å²) in [6.07, 6.45) is 9.78. The SMILES string of the molecule is C=C(/C=C/[C@@H](C)[C@@H](C)CO)CC/C=C(\C)CC. The van der Waals surface area contributed by atoms with Gasteiger partial charge in [0.1, 0.15) is 0 Å². The Morgan fingerprint density at radius 2 is 2.00 bits per heavy atom. The lowest BCUT2D eigenvalue weighted by Crippen LogP contribution is -2.09. The van der Waals surface area contributed by atoms with E-state index in [0.717, 1.165) is 19.3 Å². The van der Waals surface area contributed by atoms with E-state index in [4.69, 9.17) is 5.11 Å². The van der Waals surface area contributed by atoms with E-state index in [-0.39, 0.29) is 6.61 Å². The zero-order chi connectivity index (χ0) is 13.3. The number of aliphatic hydroxyl groups is 1. The van der Waals surface area contributed by atoms with Gasteiger partial charge < -0.3 is 5.11 Å². The maximum absolute atomic E-state index is 9.04. The van der Waals surface area contributed by atoms with Crippen molar-refractivity contribution in [2.45, 2.75) is 47.0 Å². The van der Waals surface area contributed by atoms with E-state index in [1.54, 1.807) is 0 Å². The number of hydrogen-bond donors (Lipinski definition) is 1. The van der Waals surface area contributed by atoms with Crippen molar-refractivity contribution < 1.29 is 5.11 Å². The number of rotatable bonds is 8. The Bertz CT molecular complexity index is 273. The molecule has 0 rings (SSSR count). The average Bonchev–Trinajstić information content (AvgIpc) is 2.34. The standard InChI is InChI=1S/C16H28O/c1-6-13(2)8-7-9-14(3)10-11-15(4)16(5)12-17/h8,10-11,15-17H,3,6-7,9,12H2,1-2,4-5H3/b11-10+,13-8+/t15-,16+/m1/s1. The molecular formula is C16H28O. The second-order valence-corrected chi connectivity index (χ2v) is 4.98. The fraction of sp³-hybridized carbons (Fsp3) is 0.625. The van der Waals surface area contributed by atoms with Gasteiger partial charge in [-0.3, -0.25) is 0 Å². The van der Waals surface area contributed by atoms with Gasteiger partial charge in [0, 0.05) is 6.61 Å². The van der Waals surface area contributed by atoms with Crippen LogP contribution in [-0.2, 0) is 0 Å². The molecule has 0 saturated heterocycles. The summed E-state index contributed by atoms with van der Waals surface area (Å²) < 4.78 is 0. The highest BCUT2D eigenvalue weighted by molar-refractivity contribution is 5.16. The summed E-state index contributed by atoms with van der Waals surface area (Å²) in [5, 5.41) is 9.04. The van der Waals surface area contributed by atoms with Gasteiger partial charge in [0.05, 0.1) is 0 Å². The van der Waals surface area contributed by atoms with Crippen molar-refractivity contribution in [3.8, 4) is 0 Å². The molecule has 0 aliphatic carbocycles. The number of aliphatic hydroxyl groups excluding tert-OH is 1. The first-order valence-electron chi connectivity index (χ1n) is 6.63. The van der Waals surface area contributed by atoms with Crippen molar-refractivity contribution in [2.24, 2.45) is 11.8 Å². The molecule has 0 radical (unpaired) electrons. The third kappa shape index (κ3) is 7.98. The molecule has 0 fully saturated rings. The highest BCUT2D eigenvalue weighted by atomic mass is 16.3. The number of allylic oxidation sites excluding steroid dienone is 5. The first kappa shape index (κ1) is 16.2. The van der Waals surface area contributed by atoms with Crippen LogP contribution < -0.4 is 0 Å². The Hall–Kier alpha value is -0.820. The highest BCUT2D eigenvalue weighted by Gasteiger charge is 2.06. The van der Waals surface area contributed by atoms with Crippen molar-refractivity contribution in [2.75, 3.05) is 6.61 Å². The molecule has 1 N–H and O–H groups in total. The lowest BCUT2D eigenvalue weighted by atomic mass is 9.95. The zero-order valence-corrected chi connectivity index (χ0v) is 11.9. The van der Waals surface area contributed by atoms with E-state index in [2.05, 4.69) is 52.5 Å². The van der Waals surface area contributed by atoms with Crippen LogP contribution in [0.25, 0.3) is 0 Å². The Kier molecular flexibility index (Phi) is 8.79. The first-order valence-corrected chi connectivity index (χ1v) is 6.63. The van der Waals surface area contributed by atoms with E-state index in [1.807, 2.05) is 0 Å². The molecule has 0 unspecified atom stereocenters. The molecule has 0 amide bonds. The summed E-state index contributed by atoms with van der Waals surface area (Å²) in [6.45, 7) is 12.8. The molecule has 0 aromatic carbocycles. The second-order valence-electron chi connectivity index (χ2n) is 4.98. The van der Waals surface area contributed by atoms with Gasteiger partial charge in [-0.1, -0.05) is 56.7 Å². The molecule has 0 aliphatic rings. The van der Waals surface area contributed by atoms with E-state index in [9.17, 15) is 0 Å². The molecule has 0 aromatic heterocycles. The average molecular weight is 236 g/mol. The van der Waals surface area contributed by atoms with Crippen LogP contribution in [0.4, 0.5) is 0 Å². The molecule has 0 aromatic rings. The fourth-order valence-electron chi connectivity index (χ4n) is 1.38. The van der Waals surface area contributed by atoms with E-state index in [0.29, 0.717) is 11.8 Å². The predicted molar refractivity (Wildman–Crippen MR) is 77.0 cm³/mol. The summed E-state index contributed by atoms with van der Waals surface area (Å²) in [5.41, 5.74) is 2.62. The van der Waals surface area contributed by atoms with Crippen LogP contribution >= 0.6 is 0 Å². The maximum atomic E-state index is 9.04. The van der Waals surface area contributed by atoms with Gasteiger partial charge in [-0.25, -0.2) is 0 Å². The zero-order valence-electron chi connectivity index (χ0n) is 11.9. The van der Waals surface area contributed by atoms with E-state index < -0.39 is 0 Å². The van der Waals surface area contributed by atoms with Crippen LogP contribution in [0.1, 0.15) is 47.0 Å². The first-order chi connectivity index (χ1) is 8.01. The summed E-state index contributed by atoms with van der Waals surface area (Å²) in [7, 11) is 0. The minimum atomic E-state index is 0.246. The van der Waals surface area contributed by atoms with Gasteiger partial charge in [0.25, 0.3) is 0 Å². The highest BCUT2D eigenvalue weighted by Crippen LogP contribution is 2.14. The molecule has 2 atom stereocenters. The summed E-state index contributed by atoms with van der Waals surface area (Å²) in [6, 6.07) is 0. The van der Waals surface area contributed by atoms with Crippen molar-refractivity contribution >= 4 is 0 Å². The molecule has 17 heavy (non-hydrogen) atoms. The summed E-state index contributed by atoms with van der Waals surface area (Å²) in [4.78, 5) is 0. The van der Waals surface area contributed by atoms with Gasteiger partial charge in [-0.2, -0.15) is 0 Å². The molecule has 0 bridgehead atoms. The normalized spacial score (nSPS) is 16.2. The van der Waals surface area contributed by atoms with Gasteiger partial charge in [0.15, 0.2) is 0 Å². The maximum Gasteiger partial charge on any atom is 0.0462 e. The van der Waals surface area contributed by atoms with Crippen molar-refractivity contribution in [3.05, 3.63) is 36.0 Å². The Balaban J connectivity index is 3.98. The Morgan fingerprint density at radius 1 is 1.35 bits per heavy atom. The van der Waals surface area contributed by atoms with Crippen LogP contribution in [0.2, 0.25) is 0 Å². The molecule has 1 nitrogen and oxygen atoms in total. The Morgan fingerprint density at radius 3 is 2.53 bits per heavy atom. The molecule has 0 aliphatic heterocycles. The van der Waals surface area contributed by atoms with Crippen molar-refractivity contribution in [3.63, 3.8) is 0 Å². The minimum Gasteiger partial charge on any atom is -0.396 e. The van der Waals surface area contributed by atoms with Crippen LogP contribution in [0.3, 0.4) is 0 Å². The monoisotopic (exact) mass is 236 g/mol. The van der Waals surface area contributed by atoms with Crippen LogP contribution in [-0.4, -0.2) is 11.7 Å². The minimum absolute atomic E-state index is 0.246. The van der Waals surface area contributed by atoms with Crippen LogP contribution in [0.15, 0.2) is 36.0 Å². The molecular weight excluding hydrogens is 208 g/mol. The molecule has 1 heteroatoms. The lowest BCUT2D eigenvalue weighted by Gasteiger charge is -2.12.